The highest BCUT2D eigenvalue weighted by Gasteiger charge is 2.20. The Balaban J connectivity index is 1.71. The number of nitrogens with one attached hydrogen (secondary N) is 2. The van der Waals surface area contributed by atoms with Crippen molar-refractivity contribution in [2.24, 2.45) is 13.0 Å². The van der Waals surface area contributed by atoms with E-state index in [0.717, 1.165) is 38.2 Å². The van der Waals surface area contributed by atoms with Crippen molar-refractivity contribution in [3.8, 4) is 0 Å². The lowest BCUT2D eigenvalue weighted by molar-refractivity contribution is -0.125. The molecular weight excluding hydrogens is 218 g/mol. The highest BCUT2D eigenvalue weighted by Crippen LogP contribution is 2.09. The van der Waals surface area contributed by atoms with E-state index in [-0.39, 0.29) is 11.8 Å². The summed E-state index contributed by atoms with van der Waals surface area (Å²) in [6.45, 7) is 2.46. The van der Waals surface area contributed by atoms with E-state index >= 15 is 0 Å². The van der Waals surface area contributed by atoms with Gasteiger partial charge in [-0.15, -0.1) is 10.2 Å². The number of hydrogen-bond acceptors (Lipinski definition) is 4. The van der Waals surface area contributed by atoms with Crippen molar-refractivity contribution < 1.29 is 4.79 Å². The number of hydrogen-bond donors (Lipinski definition) is 2. The Morgan fingerprint density at radius 2 is 2.59 bits per heavy atom. The Hall–Kier alpha value is -1.43. The summed E-state index contributed by atoms with van der Waals surface area (Å²) >= 11 is 0. The highest BCUT2D eigenvalue weighted by atomic mass is 16.1. The van der Waals surface area contributed by atoms with Gasteiger partial charge in [-0.25, -0.2) is 0 Å². The van der Waals surface area contributed by atoms with Crippen molar-refractivity contribution in [3.05, 3.63) is 12.2 Å². The van der Waals surface area contributed by atoms with Crippen LogP contribution >= 0.6 is 0 Å². The first-order valence-electron chi connectivity index (χ1n) is 6.08. The predicted molar refractivity (Wildman–Crippen MR) is 63.3 cm³/mol. The Bertz CT molecular complexity index is 370. The minimum Gasteiger partial charge on any atom is -0.355 e. The van der Waals surface area contributed by atoms with Gasteiger partial charge in [-0.2, -0.15) is 0 Å². The van der Waals surface area contributed by atoms with Crippen LogP contribution in [0.15, 0.2) is 6.33 Å². The molecule has 94 valence electrons. The van der Waals surface area contributed by atoms with Gasteiger partial charge in [0.05, 0.1) is 5.92 Å². The van der Waals surface area contributed by atoms with E-state index < -0.39 is 0 Å². The number of carbonyl (C=O) groups excluding carboxylic acids is 1. The third kappa shape index (κ3) is 3.26. The molecule has 6 heteroatoms. The summed E-state index contributed by atoms with van der Waals surface area (Å²) in [6, 6.07) is 0. The zero-order valence-corrected chi connectivity index (χ0v) is 10.1. The first-order valence-corrected chi connectivity index (χ1v) is 6.08. The molecule has 0 bridgehead atoms. The summed E-state index contributed by atoms with van der Waals surface area (Å²) in [4.78, 5) is 11.8. The summed E-state index contributed by atoms with van der Waals surface area (Å²) in [5, 5.41) is 14.0. The van der Waals surface area contributed by atoms with Crippen molar-refractivity contribution >= 4 is 5.91 Å². The fraction of sp³-hybridized carbons (Fsp3) is 0.727. The predicted octanol–water partition coefficient (Wildman–Crippen LogP) is -0.527. The molecule has 1 aromatic rings. The summed E-state index contributed by atoms with van der Waals surface area (Å²) in [7, 11) is 1.90. The molecular formula is C11H19N5O. The van der Waals surface area contributed by atoms with E-state index in [4.69, 9.17) is 0 Å². The number of amides is 1. The smallest absolute Gasteiger partial charge is 0.224 e. The largest absolute Gasteiger partial charge is 0.355 e. The molecule has 0 spiro atoms. The average Bonchev–Trinajstić information content (AvgIpc) is 2.76. The second kappa shape index (κ2) is 5.77. The number of carbonyl (C=O) groups is 1. The van der Waals surface area contributed by atoms with E-state index in [2.05, 4.69) is 20.8 Å². The Morgan fingerprint density at radius 1 is 1.71 bits per heavy atom. The van der Waals surface area contributed by atoms with Crippen LogP contribution in [0, 0.1) is 5.92 Å². The third-order valence-electron chi connectivity index (χ3n) is 3.12. The molecule has 0 radical (unpaired) electrons. The molecule has 0 saturated carbocycles. The summed E-state index contributed by atoms with van der Waals surface area (Å²) in [6.07, 6.45) is 4.47. The fourth-order valence-electron chi connectivity index (χ4n) is 2.05. The lowest BCUT2D eigenvalue weighted by Crippen LogP contribution is -2.41. The maximum atomic E-state index is 11.8. The zero-order chi connectivity index (χ0) is 12.1. The van der Waals surface area contributed by atoms with Gasteiger partial charge in [0.15, 0.2) is 0 Å². The molecule has 1 aromatic heterocycles. The molecule has 2 rings (SSSR count). The maximum absolute atomic E-state index is 11.8. The van der Waals surface area contributed by atoms with Crippen LogP contribution in [0.1, 0.15) is 18.7 Å². The third-order valence-corrected chi connectivity index (χ3v) is 3.12. The molecule has 1 saturated heterocycles. The standard InChI is InChI=1S/C11H19N5O/c1-16-8-14-15-10(16)4-6-13-11(17)9-3-2-5-12-7-9/h8-9,12H,2-7H2,1H3,(H,13,17). The topological polar surface area (TPSA) is 71.8 Å². The number of nitrogens with zero attached hydrogens (tertiary/aromatic N) is 3. The van der Waals surface area contributed by atoms with Gasteiger partial charge < -0.3 is 15.2 Å². The van der Waals surface area contributed by atoms with E-state index in [1.807, 2.05) is 11.6 Å². The molecule has 1 unspecified atom stereocenters. The van der Waals surface area contributed by atoms with Crippen LogP contribution in [-0.2, 0) is 18.3 Å². The van der Waals surface area contributed by atoms with Crippen LogP contribution in [0.3, 0.4) is 0 Å². The SMILES string of the molecule is Cn1cnnc1CCNC(=O)C1CCCNC1. The summed E-state index contributed by atoms with van der Waals surface area (Å²) in [5.41, 5.74) is 0. The molecule has 2 heterocycles. The van der Waals surface area contributed by atoms with Gasteiger partial charge in [0.25, 0.3) is 0 Å². The van der Waals surface area contributed by atoms with E-state index in [9.17, 15) is 4.79 Å². The molecule has 1 atom stereocenters. The normalized spacial score (nSPS) is 20.2. The van der Waals surface area contributed by atoms with Gasteiger partial charge in [0.1, 0.15) is 12.2 Å². The van der Waals surface area contributed by atoms with Crippen LogP contribution in [0.25, 0.3) is 0 Å². The molecule has 6 nitrogen and oxygen atoms in total. The number of aryl methyl sites for hydroxylation is 1. The molecule has 1 amide bonds. The van der Waals surface area contributed by atoms with Crippen LogP contribution in [0.4, 0.5) is 0 Å². The highest BCUT2D eigenvalue weighted by molar-refractivity contribution is 5.78. The van der Waals surface area contributed by atoms with Crippen LogP contribution in [0.2, 0.25) is 0 Å². The molecule has 1 fully saturated rings. The van der Waals surface area contributed by atoms with Gasteiger partial charge in [-0.1, -0.05) is 0 Å². The molecule has 1 aliphatic rings. The van der Waals surface area contributed by atoms with Gasteiger partial charge >= 0.3 is 0 Å². The van der Waals surface area contributed by atoms with Crippen LogP contribution in [-0.4, -0.2) is 40.3 Å². The molecule has 2 N–H and O–H groups in total. The minimum atomic E-state index is 0.128. The van der Waals surface area contributed by atoms with Crippen molar-refractivity contribution in [1.29, 1.82) is 0 Å². The lowest BCUT2D eigenvalue weighted by Gasteiger charge is -2.21. The first-order chi connectivity index (χ1) is 8.27. The molecule has 0 aliphatic carbocycles. The summed E-state index contributed by atoms with van der Waals surface area (Å²) in [5.74, 6) is 1.18. The van der Waals surface area contributed by atoms with Gasteiger partial charge in [0, 0.05) is 26.6 Å². The summed E-state index contributed by atoms with van der Waals surface area (Å²) < 4.78 is 1.87. The van der Waals surface area contributed by atoms with E-state index in [0.29, 0.717) is 6.54 Å². The number of rotatable bonds is 4. The molecule has 1 aliphatic heterocycles. The molecule has 17 heavy (non-hydrogen) atoms. The Kier molecular flexibility index (Phi) is 4.08. The van der Waals surface area contributed by atoms with Crippen molar-refractivity contribution in [1.82, 2.24) is 25.4 Å². The monoisotopic (exact) mass is 237 g/mol. The van der Waals surface area contributed by atoms with Crippen molar-refractivity contribution in [2.45, 2.75) is 19.3 Å². The minimum absolute atomic E-state index is 0.128. The van der Waals surface area contributed by atoms with Gasteiger partial charge in [0.2, 0.25) is 5.91 Å². The first kappa shape index (κ1) is 12.0. The Labute approximate surface area is 101 Å². The van der Waals surface area contributed by atoms with Crippen molar-refractivity contribution in [2.75, 3.05) is 19.6 Å². The van der Waals surface area contributed by atoms with Crippen molar-refractivity contribution in [3.63, 3.8) is 0 Å². The second-order valence-corrected chi connectivity index (χ2v) is 4.44. The van der Waals surface area contributed by atoms with E-state index in [1.54, 1.807) is 6.33 Å². The maximum Gasteiger partial charge on any atom is 0.224 e. The number of aromatic nitrogens is 3. The van der Waals surface area contributed by atoms with Crippen LogP contribution in [0.5, 0.6) is 0 Å². The average molecular weight is 237 g/mol. The lowest BCUT2D eigenvalue weighted by atomic mass is 9.99. The molecule has 0 aromatic carbocycles. The van der Waals surface area contributed by atoms with Crippen LogP contribution < -0.4 is 10.6 Å². The second-order valence-electron chi connectivity index (χ2n) is 4.44. The van der Waals surface area contributed by atoms with Gasteiger partial charge in [-0.05, 0) is 19.4 Å². The Morgan fingerprint density at radius 3 is 3.24 bits per heavy atom. The number of piperidine rings is 1. The van der Waals surface area contributed by atoms with Gasteiger partial charge in [-0.3, -0.25) is 4.79 Å². The van der Waals surface area contributed by atoms with E-state index in [1.165, 1.54) is 0 Å². The fourth-order valence-corrected chi connectivity index (χ4v) is 2.05. The quantitative estimate of drug-likeness (QED) is 0.738. The zero-order valence-electron chi connectivity index (χ0n) is 10.1.